The maximum absolute atomic E-state index is 12.7. The first-order valence-electron chi connectivity index (χ1n) is 8.95. The zero-order valence-electron chi connectivity index (χ0n) is 15.8. The summed E-state index contributed by atoms with van der Waals surface area (Å²) in [5.74, 6) is 1.55. The number of hydrogen-bond donors (Lipinski definition) is 1. The average molecular weight is 411 g/mol. The van der Waals surface area contributed by atoms with Crippen LogP contribution in [0.3, 0.4) is 0 Å². The zero-order valence-corrected chi connectivity index (χ0v) is 15.8. The van der Waals surface area contributed by atoms with Crippen LogP contribution in [0, 0.1) is 0 Å². The van der Waals surface area contributed by atoms with Gasteiger partial charge in [-0.05, 0) is 72.8 Å². The van der Waals surface area contributed by atoms with Gasteiger partial charge in [0, 0.05) is 22.5 Å². The number of benzene rings is 3. The molecule has 1 aromatic heterocycles. The van der Waals surface area contributed by atoms with Crippen molar-refractivity contribution in [2.75, 3.05) is 12.4 Å². The van der Waals surface area contributed by atoms with Crippen LogP contribution >= 0.6 is 0 Å². The van der Waals surface area contributed by atoms with Gasteiger partial charge in [-0.25, -0.2) is 0 Å². The summed E-state index contributed by atoms with van der Waals surface area (Å²) in [6.07, 6.45) is -4.35. The van der Waals surface area contributed by atoms with Gasteiger partial charge in [0.2, 0.25) is 5.82 Å². The molecule has 30 heavy (non-hydrogen) atoms. The highest BCUT2D eigenvalue weighted by molar-refractivity contribution is 5.66. The van der Waals surface area contributed by atoms with Crippen molar-refractivity contribution in [1.82, 2.24) is 10.1 Å². The van der Waals surface area contributed by atoms with E-state index in [2.05, 4.69) is 15.5 Å². The van der Waals surface area contributed by atoms with E-state index in [0.29, 0.717) is 17.4 Å². The highest BCUT2D eigenvalue weighted by atomic mass is 19.4. The summed E-state index contributed by atoms with van der Waals surface area (Å²) in [6, 6.07) is 19.3. The van der Waals surface area contributed by atoms with Crippen LogP contribution in [-0.4, -0.2) is 17.3 Å². The third-order valence-electron chi connectivity index (χ3n) is 4.41. The van der Waals surface area contributed by atoms with Crippen molar-refractivity contribution in [1.29, 1.82) is 0 Å². The Bertz CT molecular complexity index is 1120. The number of hydrogen-bond acceptors (Lipinski definition) is 5. The van der Waals surface area contributed by atoms with E-state index in [0.717, 1.165) is 34.7 Å². The van der Waals surface area contributed by atoms with Crippen molar-refractivity contribution in [2.45, 2.75) is 6.18 Å². The summed E-state index contributed by atoms with van der Waals surface area (Å²) in [4.78, 5) is 4.41. The molecule has 0 radical (unpaired) electrons. The van der Waals surface area contributed by atoms with Gasteiger partial charge in [-0.1, -0.05) is 5.16 Å². The first-order valence-corrected chi connectivity index (χ1v) is 8.95. The van der Waals surface area contributed by atoms with Crippen LogP contribution < -0.4 is 10.1 Å². The molecule has 0 saturated heterocycles. The van der Waals surface area contributed by atoms with Crippen molar-refractivity contribution < 1.29 is 22.4 Å². The van der Waals surface area contributed by atoms with Gasteiger partial charge in [-0.2, -0.15) is 18.2 Å². The first-order chi connectivity index (χ1) is 14.4. The Balaban J connectivity index is 1.46. The topological polar surface area (TPSA) is 60.2 Å². The first kappa shape index (κ1) is 19.5. The van der Waals surface area contributed by atoms with Gasteiger partial charge in [0.25, 0.3) is 5.89 Å². The lowest BCUT2D eigenvalue weighted by molar-refractivity contribution is -0.137. The third kappa shape index (κ3) is 4.27. The molecule has 4 rings (SSSR count). The van der Waals surface area contributed by atoms with Crippen molar-refractivity contribution >= 4 is 11.4 Å². The van der Waals surface area contributed by atoms with Gasteiger partial charge < -0.3 is 14.6 Å². The largest absolute Gasteiger partial charge is 0.497 e. The van der Waals surface area contributed by atoms with Crippen LogP contribution in [0.1, 0.15) is 5.56 Å². The van der Waals surface area contributed by atoms with Crippen molar-refractivity contribution in [3.8, 4) is 28.6 Å². The Hall–Kier alpha value is -3.81. The minimum Gasteiger partial charge on any atom is -0.497 e. The second-order valence-electron chi connectivity index (χ2n) is 6.43. The normalized spacial score (nSPS) is 11.3. The molecule has 0 bridgehead atoms. The fourth-order valence-electron chi connectivity index (χ4n) is 2.80. The van der Waals surface area contributed by atoms with E-state index in [1.807, 2.05) is 12.1 Å². The summed E-state index contributed by atoms with van der Waals surface area (Å²) in [5, 5.41) is 7.07. The standard InChI is InChI=1S/C22H16F3N3O2/c1-29-19-12-4-15(5-13-19)21-27-20(28-30-21)14-2-8-17(9-3-14)26-18-10-6-16(7-11-18)22(23,24)25/h2-13,26H,1H3. The monoisotopic (exact) mass is 411 g/mol. The molecule has 1 heterocycles. The molecule has 0 aliphatic carbocycles. The molecule has 152 valence electrons. The van der Waals surface area contributed by atoms with E-state index in [4.69, 9.17) is 9.26 Å². The quantitative estimate of drug-likeness (QED) is 0.425. The number of halogens is 3. The van der Waals surface area contributed by atoms with Gasteiger partial charge in [-0.3, -0.25) is 0 Å². The SMILES string of the molecule is COc1ccc(-c2nc(-c3ccc(Nc4ccc(C(F)(F)F)cc4)cc3)no2)cc1. The van der Waals surface area contributed by atoms with Gasteiger partial charge in [-0.15, -0.1) is 0 Å². The third-order valence-corrected chi connectivity index (χ3v) is 4.41. The fraction of sp³-hybridized carbons (Fsp3) is 0.0909. The summed E-state index contributed by atoms with van der Waals surface area (Å²) in [6.45, 7) is 0. The molecule has 0 spiro atoms. The summed E-state index contributed by atoms with van der Waals surface area (Å²) < 4.78 is 48.4. The second kappa shape index (κ2) is 7.90. The lowest BCUT2D eigenvalue weighted by Gasteiger charge is -2.09. The molecule has 0 unspecified atom stereocenters. The van der Waals surface area contributed by atoms with E-state index in [-0.39, 0.29) is 0 Å². The molecule has 1 N–H and O–H groups in total. The number of anilines is 2. The Morgan fingerprint density at radius 3 is 1.93 bits per heavy atom. The van der Waals surface area contributed by atoms with Crippen molar-refractivity contribution in [3.63, 3.8) is 0 Å². The number of alkyl halides is 3. The van der Waals surface area contributed by atoms with Gasteiger partial charge in [0.15, 0.2) is 0 Å². The Labute approximate surface area is 170 Å². The minimum absolute atomic E-state index is 0.389. The number of nitrogens with zero attached hydrogens (tertiary/aromatic N) is 2. The molecular weight excluding hydrogens is 395 g/mol. The van der Waals surface area contributed by atoms with E-state index < -0.39 is 11.7 Å². The van der Waals surface area contributed by atoms with Crippen LogP contribution in [0.5, 0.6) is 5.75 Å². The van der Waals surface area contributed by atoms with E-state index in [9.17, 15) is 13.2 Å². The lowest BCUT2D eigenvalue weighted by Crippen LogP contribution is -2.04. The van der Waals surface area contributed by atoms with E-state index in [1.165, 1.54) is 12.1 Å². The van der Waals surface area contributed by atoms with Crippen molar-refractivity contribution in [3.05, 3.63) is 78.4 Å². The lowest BCUT2D eigenvalue weighted by atomic mass is 10.1. The molecule has 8 heteroatoms. The summed E-state index contributed by atoms with van der Waals surface area (Å²) in [5.41, 5.74) is 2.11. The molecule has 4 aromatic rings. The molecule has 0 saturated carbocycles. The molecule has 0 aliphatic heterocycles. The fourth-order valence-corrected chi connectivity index (χ4v) is 2.80. The molecule has 0 aliphatic rings. The maximum atomic E-state index is 12.7. The molecular formula is C22H16F3N3O2. The average Bonchev–Trinajstić information content (AvgIpc) is 3.24. The zero-order chi connectivity index (χ0) is 21.1. The van der Waals surface area contributed by atoms with Gasteiger partial charge >= 0.3 is 6.18 Å². The smallest absolute Gasteiger partial charge is 0.416 e. The number of ether oxygens (including phenoxy) is 1. The Morgan fingerprint density at radius 1 is 0.800 bits per heavy atom. The highest BCUT2D eigenvalue weighted by Crippen LogP contribution is 2.31. The molecule has 5 nitrogen and oxygen atoms in total. The van der Waals surface area contributed by atoms with Crippen LogP contribution in [0.15, 0.2) is 77.3 Å². The number of nitrogens with one attached hydrogen (secondary N) is 1. The highest BCUT2D eigenvalue weighted by Gasteiger charge is 2.29. The predicted octanol–water partition coefficient (Wildman–Crippen LogP) is 6.17. The molecule has 0 amide bonds. The van der Waals surface area contributed by atoms with Crippen LogP contribution in [0.2, 0.25) is 0 Å². The minimum atomic E-state index is -4.35. The number of aromatic nitrogens is 2. The van der Waals surface area contributed by atoms with Crippen molar-refractivity contribution in [2.24, 2.45) is 0 Å². The molecule has 0 atom stereocenters. The van der Waals surface area contributed by atoms with E-state index in [1.54, 1.807) is 43.5 Å². The second-order valence-corrected chi connectivity index (χ2v) is 6.43. The molecule has 0 fully saturated rings. The number of methoxy groups -OCH3 is 1. The van der Waals surface area contributed by atoms with Crippen LogP contribution in [0.25, 0.3) is 22.8 Å². The maximum Gasteiger partial charge on any atom is 0.416 e. The molecule has 3 aromatic carbocycles. The van der Waals surface area contributed by atoms with Crippen LogP contribution in [0.4, 0.5) is 24.5 Å². The number of rotatable bonds is 5. The van der Waals surface area contributed by atoms with Gasteiger partial charge in [0.05, 0.1) is 12.7 Å². The predicted molar refractivity (Wildman–Crippen MR) is 106 cm³/mol. The van der Waals surface area contributed by atoms with Gasteiger partial charge in [0.1, 0.15) is 5.75 Å². The van der Waals surface area contributed by atoms with Crippen LogP contribution in [-0.2, 0) is 6.18 Å². The summed E-state index contributed by atoms with van der Waals surface area (Å²) >= 11 is 0. The Morgan fingerprint density at radius 2 is 1.37 bits per heavy atom. The Kier molecular flexibility index (Phi) is 5.14. The summed E-state index contributed by atoms with van der Waals surface area (Å²) in [7, 11) is 1.59. The van der Waals surface area contributed by atoms with E-state index >= 15 is 0 Å².